The Morgan fingerprint density at radius 2 is 2.10 bits per heavy atom. The van der Waals surface area contributed by atoms with Gasteiger partial charge in [-0.2, -0.15) is 0 Å². The van der Waals surface area contributed by atoms with Gasteiger partial charge in [-0.25, -0.2) is 4.79 Å². The molecule has 0 saturated heterocycles. The summed E-state index contributed by atoms with van der Waals surface area (Å²) in [6.45, 7) is 2.17. The highest BCUT2D eigenvalue weighted by molar-refractivity contribution is 5.90. The number of esters is 1. The summed E-state index contributed by atoms with van der Waals surface area (Å²) < 4.78 is 9.93. The van der Waals surface area contributed by atoms with E-state index >= 15 is 0 Å². The summed E-state index contributed by atoms with van der Waals surface area (Å²) in [4.78, 5) is 23.3. The first-order valence-electron chi connectivity index (χ1n) is 7.14. The fourth-order valence-electron chi connectivity index (χ4n) is 2.48. The molecule has 1 saturated carbocycles. The molecule has 0 spiro atoms. The number of carbonyl (C=O) groups excluding carboxylic acids is 2. The van der Waals surface area contributed by atoms with Gasteiger partial charge in [-0.3, -0.25) is 4.79 Å². The lowest BCUT2D eigenvalue weighted by Gasteiger charge is -2.21. The molecular weight excluding hydrogens is 258 g/mol. The molecule has 0 atom stereocenters. The molecule has 1 aromatic rings. The standard InChI is InChI=1S/C15H21NO4/c1-11-7-8-19-14(11)15(18)20-10-13(17)16-9-12-5-3-2-4-6-12/h7-8,12H,2-6,9-10H2,1H3,(H,16,17). The van der Waals surface area contributed by atoms with Crippen molar-refractivity contribution < 1.29 is 18.7 Å². The summed E-state index contributed by atoms with van der Waals surface area (Å²) in [5, 5.41) is 2.82. The number of ether oxygens (including phenoxy) is 1. The SMILES string of the molecule is Cc1ccoc1C(=O)OCC(=O)NCC1CCCCC1. The van der Waals surface area contributed by atoms with Crippen LogP contribution in [-0.2, 0) is 9.53 Å². The van der Waals surface area contributed by atoms with Crippen molar-refractivity contribution in [2.45, 2.75) is 39.0 Å². The second-order valence-electron chi connectivity index (χ2n) is 5.32. The average Bonchev–Trinajstić information content (AvgIpc) is 2.90. The lowest BCUT2D eigenvalue weighted by atomic mass is 9.89. The van der Waals surface area contributed by atoms with E-state index in [2.05, 4.69) is 5.32 Å². The van der Waals surface area contributed by atoms with Crippen molar-refractivity contribution in [2.75, 3.05) is 13.2 Å². The van der Waals surface area contributed by atoms with E-state index in [4.69, 9.17) is 9.15 Å². The Kier molecular flexibility index (Phi) is 5.21. The highest BCUT2D eigenvalue weighted by Gasteiger charge is 2.17. The summed E-state index contributed by atoms with van der Waals surface area (Å²) >= 11 is 0. The molecule has 20 heavy (non-hydrogen) atoms. The van der Waals surface area contributed by atoms with Crippen LogP contribution in [0.25, 0.3) is 0 Å². The average molecular weight is 279 g/mol. The molecule has 1 aromatic heterocycles. The zero-order valence-corrected chi connectivity index (χ0v) is 11.8. The van der Waals surface area contributed by atoms with Gasteiger partial charge in [0.15, 0.2) is 6.61 Å². The quantitative estimate of drug-likeness (QED) is 0.841. The second-order valence-corrected chi connectivity index (χ2v) is 5.32. The zero-order valence-electron chi connectivity index (χ0n) is 11.8. The van der Waals surface area contributed by atoms with Gasteiger partial charge in [0.05, 0.1) is 6.26 Å². The molecule has 1 heterocycles. The van der Waals surface area contributed by atoms with Crippen molar-refractivity contribution in [3.8, 4) is 0 Å². The Hall–Kier alpha value is -1.78. The molecule has 0 bridgehead atoms. The molecule has 1 fully saturated rings. The van der Waals surface area contributed by atoms with E-state index in [0.29, 0.717) is 18.0 Å². The van der Waals surface area contributed by atoms with Gasteiger partial charge in [-0.05, 0) is 31.7 Å². The fourth-order valence-corrected chi connectivity index (χ4v) is 2.48. The molecule has 1 N–H and O–H groups in total. The number of carbonyl (C=O) groups is 2. The van der Waals surface area contributed by atoms with Crippen molar-refractivity contribution >= 4 is 11.9 Å². The first-order valence-corrected chi connectivity index (χ1v) is 7.14. The molecule has 0 aliphatic heterocycles. The molecule has 5 nitrogen and oxygen atoms in total. The molecule has 2 rings (SSSR count). The van der Waals surface area contributed by atoms with E-state index in [9.17, 15) is 9.59 Å². The van der Waals surface area contributed by atoms with Crippen LogP contribution in [0.4, 0.5) is 0 Å². The lowest BCUT2D eigenvalue weighted by Crippen LogP contribution is -2.33. The Bertz CT molecular complexity index is 460. The van der Waals surface area contributed by atoms with Crippen molar-refractivity contribution in [1.29, 1.82) is 0 Å². The maximum absolute atomic E-state index is 11.6. The third-order valence-corrected chi connectivity index (χ3v) is 3.69. The Balaban J connectivity index is 1.67. The van der Waals surface area contributed by atoms with Crippen LogP contribution in [0.5, 0.6) is 0 Å². The van der Waals surface area contributed by atoms with E-state index in [1.54, 1.807) is 13.0 Å². The van der Waals surface area contributed by atoms with E-state index in [1.165, 1.54) is 38.4 Å². The number of rotatable bonds is 5. The topological polar surface area (TPSA) is 68.5 Å². The third-order valence-electron chi connectivity index (χ3n) is 3.69. The van der Waals surface area contributed by atoms with Crippen LogP contribution < -0.4 is 5.32 Å². The number of hydrogen-bond acceptors (Lipinski definition) is 4. The normalized spacial score (nSPS) is 15.8. The summed E-state index contributed by atoms with van der Waals surface area (Å²) in [5.41, 5.74) is 0.706. The van der Waals surface area contributed by atoms with Crippen LogP contribution >= 0.6 is 0 Å². The van der Waals surface area contributed by atoms with Crippen LogP contribution in [0, 0.1) is 12.8 Å². The predicted molar refractivity (Wildman–Crippen MR) is 73.3 cm³/mol. The summed E-state index contributed by atoms with van der Waals surface area (Å²) in [6, 6.07) is 1.68. The van der Waals surface area contributed by atoms with Crippen molar-refractivity contribution in [3.05, 3.63) is 23.7 Å². The van der Waals surface area contributed by atoms with Crippen molar-refractivity contribution in [1.82, 2.24) is 5.32 Å². The summed E-state index contributed by atoms with van der Waals surface area (Å²) in [5.74, 6) is -0.130. The molecule has 0 unspecified atom stereocenters. The number of amides is 1. The maximum Gasteiger partial charge on any atom is 0.375 e. The minimum atomic E-state index is -0.597. The van der Waals surface area contributed by atoms with E-state index in [-0.39, 0.29) is 18.3 Å². The minimum absolute atomic E-state index is 0.157. The third kappa shape index (κ3) is 4.11. The maximum atomic E-state index is 11.6. The van der Waals surface area contributed by atoms with E-state index < -0.39 is 5.97 Å². The van der Waals surface area contributed by atoms with Gasteiger partial charge >= 0.3 is 5.97 Å². The molecule has 1 amide bonds. The smallest absolute Gasteiger partial charge is 0.375 e. The van der Waals surface area contributed by atoms with Crippen LogP contribution in [0.3, 0.4) is 0 Å². The largest absolute Gasteiger partial charge is 0.457 e. The van der Waals surface area contributed by atoms with Gasteiger partial charge in [-0.15, -0.1) is 0 Å². The number of nitrogens with one attached hydrogen (secondary N) is 1. The van der Waals surface area contributed by atoms with Gasteiger partial charge < -0.3 is 14.5 Å². The van der Waals surface area contributed by atoms with Gasteiger partial charge in [0.2, 0.25) is 5.76 Å². The lowest BCUT2D eigenvalue weighted by molar-refractivity contribution is -0.124. The Labute approximate surface area is 118 Å². The Morgan fingerprint density at radius 3 is 2.75 bits per heavy atom. The van der Waals surface area contributed by atoms with Gasteiger partial charge in [0.25, 0.3) is 5.91 Å². The molecule has 0 aromatic carbocycles. The number of hydrogen-bond donors (Lipinski definition) is 1. The first kappa shape index (κ1) is 14.6. The summed E-state index contributed by atoms with van der Waals surface area (Å²) in [7, 11) is 0. The second kappa shape index (κ2) is 7.12. The number of aryl methyl sites for hydroxylation is 1. The van der Waals surface area contributed by atoms with Gasteiger partial charge in [0, 0.05) is 12.1 Å². The summed E-state index contributed by atoms with van der Waals surface area (Å²) in [6.07, 6.45) is 7.55. The predicted octanol–water partition coefficient (Wildman–Crippen LogP) is 2.44. The van der Waals surface area contributed by atoms with Crippen LogP contribution in [0.2, 0.25) is 0 Å². The molecule has 5 heteroatoms. The minimum Gasteiger partial charge on any atom is -0.457 e. The zero-order chi connectivity index (χ0) is 14.4. The van der Waals surface area contributed by atoms with Crippen LogP contribution in [0.15, 0.2) is 16.7 Å². The number of furan rings is 1. The molecule has 110 valence electrons. The first-order chi connectivity index (χ1) is 9.66. The van der Waals surface area contributed by atoms with E-state index in [0.717, 1.165) is 0 Å². The molecule has 1 aliphatic carbocycles. The van der Waals surface area contributed by atoms with Crippen molar-refractivity contribution in [2.24, 2.45) is 5.92 Å². The monoisotopic (exact) mass is 279 g/mol. The highest BCUT2D eigenvalue weighted by Crippen LogP contribution is 2.22. The molecule has 0 radical (unpaired) electrons. The molecular formula is C15H21NO4. The Morgan fingerprint density at radius 1 is 1.35 bits per heavy atom. The van der Waals surface area contributed by atoms with E-state index in [1.807, 2.05) is 0 Å². The van der Waals surface area contributed by atoms with Gasteiger partial charge in [-0.1, -0.05) is 19.3 Å². The van der Waals surface area contributed by atoms with Crippen LogP contribution in [-0.4, -0.2) is 25.0 Å². The van der Waals surface area contributed by atoms with Crippen LogP contribution in [0.1, 0.15) is 48.2 Å². The van der Waals surface area contributed by atoms with Crippen molar-refractivity contribution in [3.63, 3.8) is 0 Å². The fraction of sp³-hybridized carbons (Fsp3) is 0.600. The van der Waals surface area contributed by atoms with Gasteiger partial charge in [0.1, 0.15) is 0 Å². The highest BCUT2D eigenvalue weighted by atomic mass is 16.5. The molecule has 1 aliphatic rings.